The summed E-state index contributed by atoms with van der Waals surface area (Å²) >= 11 is 3.37. The van der Waals surface area contributed by atoms with Crippen LogP contribution in [0.5, 0.6) is 5.75 Å². The summed E-state index contributed by atoms with van der Waals surface area (Å²) in [7, 11) is 0. The van der Waals surface area contributed by atoms with Gasteiger partial charge in [-0.1, -0.05) is 34.1 Å². The molecule has 3 nitrogen and oxygen atoms in total. The van der Waals surface area contributed by atoms with Crippen molar-refractivity contribution in [3.05, 3.63) is 54.6 Å². The van der Waals surface area contributed by atoms with Crippen molar-refractivity contribution in [1.82, 2.24) is 0 Å². The third-order valence-electron chi connectivity index (χ3n) is 2.42. The second-order valence-corrected chi connectivity index (χ2v) is 4.71. The van der Waals surface area contributed by atoms with Crippen LogP contribution in [0, 0.1) is 0 Å². The molecule has 2 aromatic carbocycles. The molecule has 0 aliphatic rings. The van der Waals surface area contributed by atoms with Gasteiger partial charge in [0.15, 0.2) is 0 Å². The van der Waals surface area contributed by atoms with E-state index >= 15 is 0 Å². The standard InChI is InChI=1S/C15H15BrN2O/c16-11-4-12-19-15-9-7-14(8-10-15)18-17-13-5-2-1-3-6-13/h1-3,5-10H,4,11-12H2/b18-17+. The summed E-state index contributed by atoms with van der Waals surface area (Å²) in [5.74, 6) is 0.861. The Morgan fingerprint density at radius 1 is 0.842 bits per heavy atom. The van der Waals surface area contributed by atoms with Gasteiger partial charge >= 0.3 is 0 Å². The van der Waals surface area contributed by atoms with Crippen molar-refractivity contribution >= 4 is 27.3 Å². The summed E-state index contributed by atoms with van der Waals surface area (Å²) in [6.07, 6.45) is 0.996. The number of rotatable bonds is 6. The number of benzene rings is 2. The molecule has 0 spiro atoms. The number of alkyl halides is 1. The zero-order chi connectivity index (χ0) is 13.3. The number of azo groups is 1. The Labute approximate surface area is 121 Å². The molecule has 0 aliphatic carbocycles. The van der Waals surface area contributed by atoms with Crippen LogP contribution in [-0.4, -0.2) is 11.9 Å². The van der Waals surface area contributed by atoms with Crippen LogP contribution in [0.3, 0.4) is 0 Å². The molecular formula is C15H15BrN2O. The third-order valence-corrected chi connectivity index (χ3v) is 2.98. The molecule has 2 aromatic rings. The van der Waals surface area contributed by atoms with E-state index in [4.69, 9.17) is 4.74 Å². The van der Waals surface area contributed by atoms with Crippen LogP contribution < -0.4 is 4.74 Å². The van der Waals surface area contributed by atoms with Gasteiger partial charge in [0.25, 0.3) is 0 Å². The molecule has 0 aliphatic heterocycles. The van der Waals surface area contributed by atoms with Crippen LogP contribution in [0.1, 0.15) is 6.42 Å². The Bertz CT molecular complexity index is 511. The predicted molar refractivity (Wildman–Crippen MR) is 81.0 cm³/mol. The van der Waals surface area contributed by atoms with E-state index in [1.165, 1.54) is 0 Å². The lowest BCUT2D eigenvalue weighted by Gasteiger charge is -2.04. The third kappa shape index (κ3) is 4.83. The van der Waals surface area contributed by atoms with Gasteiger partial charge in [0.1, 0.15) is 5.75 Å². The minimum absolute atomic E-state index is 0.718. The summed E-state index contributed by atoms with van der Waals surface area (Å²) in [5, 5.41) is 9.29. The monoisotopic (exact) mass is 318 g/mol. The first-order valence-corrected chi connectivity index (χ1v) is 7.26. The Kier molecular flexibility index (Phi) is 5.56. The van der Waals surface area contributed by atoms with Crippen LogP contribution in [0.2, 0.25) is 0 Å². The molecule has 0 atom stereocenters. The topological polar surface area (TPSA) is 34.0 Å². The van der Waals surface area contributed by atoms with E-state index < -0.39 is 0 Å². The molecule has 0 aromatic heterocycles. The Hall–Kier alpha value is -1.68. The molecule has 0 N–H and O–H groups in total. The number of ether oxygens (including phenoxy) is 1. The fraction of sp³-hybridized carbons (Fsp3) is 0.200. The van der Waals surface area contributed by atoms with Crippen molar-refractivity contribution in [3.63, 3.8) is 0 Å². The average molecular weight is 319 g/mol. The minimum atomic E-state index is 0.718. The second kappa shape index (κ2) is 7.69. The predicted octanol–water partition coefficient (Wildman–Crippen LogP) is 5.27. The Balaban J connectivity index is 1.93. The lowest BCUT2D eigenvalue weighted by Crippen LogP contribution is -1.96. The van der Waals surface area contributed by atoms with Gasteiger partial charge in [-0.25, -0.2) is 0 Å². The first-order valence-electron chi connectivity index (χ1n) is 6.14. The molecular weight excluding hydrogens is 304 g/mol. The zero-order valence-corrected chi connectivity index (χ0v) is 12.1. The van der Waals surface area contributed by atoms with Gasteiger partial charge in [-0.2, -0.15) is 10.2 Å². The molecule has 0 amide bonds. The second-order valence-electron chi connectivity index (χ2n) is 3.92. The summed E-state index contributed by atoms with van der Waals surface area (Å²) in [6.45, 7) is 0.718. The van der Waals surface area contributed by atoms with Crippen molar-refractivity contribution < 1.29 is 4.74 Å². The van der Waals surface area contributed by atoms with Gasteiger partial charge in [0.2, 0.25) is 0 Å². The van der Waals surface area contributed by atoms with E-state index in [2.05, 4.69) is 26.2 Å². The van der Waals surface area contributed by atoms with Crippen molar-refractivity contribution in [3.8, 4) is 5.75 Å². The summed E-state index contributed by atoms with van der Waals surface area (Å²) in [5.41, 5.74) is 1.66. The smallest absolute Gasteiger partial charge is 0.119 e. The number of nitrogens with zero attached hydrogens (tertiary/aromatic N) is 2. The quantitative estimate of drug-likeness (QED) is 0.406. The molecule has 98 valence electrons. The lowest BCUT2D eigenvalue weighted by atomic mass is 10.3. The summed E-state index contributed by atoms with van der Waals surface area (Å²) in [4.78, 5) is 0. The van der Waals surface area contributed by atoms with Gasteiger partial charge < -0.3 is 4.74 Å². The molecule has 0 unspecified atom stereocenters. The Morgan fingerprint density at radius 2 is 1.47 bits per heavy atom. The van der Waals surface area contributed by atoms with Crippen LogP contribution in [0.25, 0.3) is 0 Å². The number of hydrogen-bond donors (Lipinski definition) is 0. The highest BCUT2D eigenvalue weighted by Crippen LogP contribution is 2.21. The zero-order valence-electron chi connectivity index (χ0n) is 10.5. The first-order chi connectivity index (χ1) is 9.38. The highest BCUT2D eigenvalue weighted by atomic mass is 79.9. The minimum Gasteiger partial charge on any atom is -0.494 e. The first kappa shape index (κ1) is 13.7. The number of halogens is 1. The van der Waals surface area contributed by atoms with Crippen LogP contribution >= 0.6 is 15.9 Å². The van der Waals surface area contributed by atoms with E-state index in [9.17, 15) is 0 Å². The van der Waals surface area contributed by atoms with Gasteiger partial charge in [-0.3, -0.25) is 0 Å². The van der Waals surface area contributed by atoms with Crippen LogP contribution in [-0.2, 0) is 0 Å². The van der Waals surface area contributed by atoms with E-state index in [0.717, 1.165) is 35.5 Å². The largest absolute Gasteiger partial charge is 0.494 e. The van der Waals surface area contributed by atoms with Crippen molar-refractivity contribution in [1.29, 1.82) is 0 Å². The highest BCUT2D eigenvalue weighted by molar-refractivity contribution is 9.09. The van der Waals surface area contributed by atoms with Gasteiger partial charge in [0, 0.05) is 5.33 Å². The van der Waals surface area contributed by atoms with Crippen LogP contribution in [0.4, 0.5) is 11.4 Å². The maximum Gasteiger partial charge on any atom is 0.119 e. The van der Waals surface area contributed by atoms with E-state index in [1.54, 1.807) is 0 Å². The lowest BCUT2D eigenvalue weighted by molar-refractivity contribution is 0.319. The summed E-state index contributed by atoms with van der Waals surface area (Å²) < 4.78 is 5.56. The number of hydrogen-bond acceptors (Lipinski definition) is 3. The molecule has 0 heterocycles. The van der Waals surface area contributed by atoms with Gasteiger partial charge in [-0.15, -0.1) is 0 Å². The summed E-state index contributed by atoms with van der Waals surface area (Å²) in [6, 6.07) is 17.3. The molecule has 19 heavy (non-hydrogen) atoms. The molecule has 0 saturated heterocycles. The van der Waals surface area contributed by atoms with E-state index in [1.807, 2.05) is 54.6 Å². The van der Waals surface area contributed by atoms with Crippen molar-refractivity contribution in [2.75, 3.05) is 11.9 Å². The highest BCUT2D eigenvalue weighted by Gasteiger charge is 1.94. The average Bonchev–Trinajstić information content (AvgIpc) is 2.48. The maximum absolute atomic E-state index is 5.56. The van der Waals surface area contributed by atoms with Gasteiger partial charge in [0.05, 0.1) is 18.0 Å². The molecule has 0 bridgehead atoms. The van der Waals surface area contributed by atoms with Crippen LogP contribution in [0.15, 0.2) is 64.8 Å². The Morgan fingerprint density at radius 3 is 2.11 bits per heavy atom. The van der Waals surface area contributed by atoms with E-state index in [0.29, 0.717) is 0 Å². The molecule has 4 heteroatoms. The molecule has 0 radical (unpaired) electrons. The van der Waals surface area contributed by atoms with Gasteiger partial charge in [-0.05, 0) is 42.8 Å². The maximum atomic E-state index is 5.56. The SMILES string of the molecule is BrCCCOc1ccc(/N=N/c2ccccc2)cc1. The molecule has 0 saturated carbocycles. The fourth-order valence-electron chi connectivity index (χ4n) is 1.46. The normalized spacial score (nSPS) is 10.8. The fourth-order valence-corrected chi connectivity index (χ4v) is 1.69. The van der Waals surface area contributed by atoms with Crippen molar-refractivity contribution in [2.45, 2.75) is 6.42 Å². The molecule has 2 rings (SSSR count). The molecule has 0 fully saturated rings. The van der Waals surface area contributed by atoms with Crippen molar-refractivity contribution in [2.24, 2.45) is 10.2 Å². The van der Waals surface area contributed by atoms with E-state index in [-0.39, 0.29) is 0 Å².